The molecule has 0 aliphatic carbocycles. The number of aryl methyl sites for hydroxylation is 1. The molecule has 1 amide bonds. The number of nitrogens with zero attached hydrogens (tertiary/aromatic N) is 1. The minimum atomic E-state index is -1.06. The van der Waals surface area contributed by atoms with E-state index in [1.165, 1.54) is 6.07 Å². The van der Waals surface area contributed by atoms with Crippen LogP contribution in [0.3, 0.4) is 0 Å². The van der Waals surface area contributed by atoms with Crippen LogP contribution in [0.25, 0.3) is 0 Å². The molecule has 5 heteroatoms. The van der Waals surface area contributed by atoms with Crippen LogP contribution in [0.5, 0.6) is 5.75 Å². The standard InChI is InChI=1S/C14H19NO4/c1-4-15(5-2)12(16)9-19-13-10(3)7-6-8-11(13)14(17)18/h6-8H,4-5,9H2,1-3H3,(H,17,18). The van der Waals surface area contributed by atoms with Gasteiger partial charge in [0.15, 0.2) is 6.61 Å². The van der Waals surface area contributed by atoms with Gasteiger partial charge in [0, 0.05) is 13.1 Å². The molecule has 0 radical (unpaired) electrons. The van der Waals surface area contributed by atoms with E-state index >= 15 is 0 Å². The molecule has 0 bridgehead atoms. The number of hydrogen-bond acceptors (Lipinski definition) is 3. The third-order valence-electron chi connectivity index (χ3n) is 2.90. The maximum atomic E-state index is 11.8. The predicted molar refractivity (Wildman–Crippen MR) is 71.6 cm³/mol. The molecule has 0 aliphatic rings. The Balaban J connectivity index is 2.83. The lowest BCUT2D eigenvalue weighted by Crippen LogP contribution is -2.34. The van der Waals surface area contributed by atoms with Gasteiger partial charge in [-0.3, -0.25) is 4.79 Å². The molecule has 0 aliphatic heterocycles. The Labute approximate surface area is 112 Å². The average Bonchev–Trinajstić information content (AvgIpc) is 2.38. The van der Waals surface area contributed by atoms with Gasteiger partial charge in [-0.1, -0.05) is 12.1 Å². The van der Waals surface area contributed by atoms with Crippen molar-refractivity contribution in [2.24, 2.45) is 0 Å². The highest BCUT2D eigenvalue weighted by Crippen LogP contribution is 2.23. The first-order valence-corrected chi connectivity index (χ1v) is 6.24. The number of rotatable bonds is 6. The van der Waals surface area contributed by atoms with Crippen LogP contribution in [0.1, 0.15) is 29.8 Å². The van der Waals surface area contributed by atoms with E-state index in [4.69, 9.17) is 9.84 Å². The van der Waals surface area contributed by atoms with Crippen molar-refractivity contribution in [3.8, 4) is 5.75 Å². The topological polar surface area (TPSA) is 66.8 Å². The minimum absolute atomic E-state index is 0.0762. The Morgan fingerprint density at radius 2 is 1.89 bits per heavy atom. The predicted octanol–water partition coefficient (Wildman–Crippen LogP) is 1.94. The highest BCUT2D eigenvalue weighted by atomic mass is 16.5. The summed E-state index contributed by atoms with van der Waals surface area (Å²) in [5, 5.41) is 9.08. The van der Waals surface area contributed by atoms with Gasteiger partial charge in [0.1, 0.15) is 11.3 Å². The fourth-order valence-corrected chi connectivity index (χ4v) is 1.81. The molecule has 1 aromatic rings. The van der Waals surface area contributed by atoms with Gasteiger partial charge in [-0.25, -0.2) is 4.79 Å². The van der Waals surface area contributed by atoms with Gasteiger partial charge in [-0.2, -0.15) is 0 Å². The van der Waals surface area contributed by atoms with Crippen molar-refractivity contribution in [1.29, 1.82) is 0 Å². The smallest absolute Gasteiger partial charge is 0.339 e. The number of carboxylic acids is 1. The number of benzene rings is 1. The first-order chi connectivity index (χ1) is 9.01. The largest absolute Gasteiger partial charge is 0.483 e. The van der Waals surface area contributed by atoms with E-state index < -0.39 is 5.97 Å². The Hall–Kier alpha value is -2.04. The van der Waals surface area contributed by atoms with Gasteiger partial charge < -0.3 is 14.7 Å². The number of carboxylic acid groups (broad SMARTS) is 1. The average molecular weight is 265 g/mol. The summed E-state index contributed by atoms with van der Waals surface area (Å²) in [5.41, 5.74) is 0.777. The highest BCUT2D eigenvalue weighted by molar-refractivity contribution is 5.91. The first-order valence-electron chi connectivity index (χ1n) is 6.24. The van der Waals surface area contributed by atoms with E-state index in [2.05, 4.69) is 0 Å². The number of likely N-dealkylation sites (N-methyl/N-ethyl adjacent to an activating group) is 1. The molecule has 0 aromatic heterocycles. The van der Waals surface area contributed by atoms with E-state index in [1.54, 1.807) is 24.0 Å². The maximum absolute atomic E-state index is 11.8. The van der Waals surface area contributed by atoms with Crippen molar-refractivity contribution < 1.29 is 19.4 Å². The van der Waals surface area contributed by atoms with Gasteiger partial charge in [-0.15, -0.1) is 0 Å². The molecule has 0 saturated carbocycles. The van der Waals surface area contributed by atoms with Crippen LogP contribution < -0.4 is 4.74 Å². The van der Waals surface area contributed by atoms with E-state index in [0.29, 0.717) is 18.7 Å². The SMILES string of the molecule is CCN(CC)C(=O)COc1c(C)cccc1C(=O)O. The normalized spacial score (nSPS) is 10.1. The second kappa shape index (κ2) is 6.78. The number of ether oxygens (including phenoxy) is 1. The molecule has 5 nitrogen and oxygen atoms in total. The van der Waals surface area contributed by atoms with Crippen molar-refractivity contribution in [2.45, 2.75) is 20.8 Å². The molecular weight excluding hydrogens is 246 g/mol. The van der Waals surface area contributed by atoms with Crippen molar-refractivity contribution >= 4 is 11.9 Å². The number of para-hydroxylation sites is 1. The van der Waals surface area contributed by atoms with Crippen molar-refractivity contribution in [3.05, 3.63) is 29.3 Å². The van der Waals surface area contributed by atoms with E-state index in [1.807, 2.05) is 13.8 Å². The van der Waals surface area contributed by atoms with Gasteiger partial charge in [0.25, 0.3) is 5.91 Å². The molecule has 0 unspecified atom stereocenters. The molecule has 1 aromatic carbocycles. The first kappa shape index (κ1) is 15.0. The fraction of sp³-hybridized carbons (Fsp3) is 0.429. The molecular formula is C14H19NO4. The quantitative estimate of drug-likeness (QED) is 0.853. The number of hydrogen-bond donors (Lipinski definition) is 1. The number of amides is 1. The monoisotopic (exact) mass is 265 g/mol. The van der Waals surface area contributed by atoms with Crippen molar-refractivity contribution in [2.75, 3.05) is 19.7 Å². The van der Waals surface area contributed by atoms with E-state index in [0.717, 1.165) is 0 Å². The summed E-state index contributed by atoms with van der Waals surface area (Å²) in [6, 6.07) is 4.87. The summed E-state index contributed by atoms with van der Waals surface area (Å²) in [4.78, 5) is 24.6. The van der Waals surface area contributed by atoms with Crippen LogP contribution in [-0.4, -0.2) is 41.6 Å². The van der Waals surface area contributed by atoms with Gasteiger partial charge in [0.2, 0.25) is 0 Å². The summed E-state index contributed by atoms with van der Waals surface area (Å²) < 4.78 is 5.40. The molecule has 1 N–H and O–H groups in total. The summed E-state index contributed by atoms with van der Waals surface area (Å²) in [7, 11) is 0. The summed E-state index contributed by atoms with van der Waals surface area (Å²) in [6.45, 7) is 6.60. The van der Waals surface area contributed by atoms with E-state index in [9.17, 15) is 9.59 Å². The van der Waals surface area contributed by atoms with Crippen LogP contribution >= 0.6 is 0 Å². The number of aromatic carboxylic acids is 1. The third kappa shape index (κ3) is 3.71. The highest BCUT2D eigenvalue weighted by Gasteiger charge is 2.16. The second-order valence-electron chi connectivity index (χ2n) is 4.11. The van der Waals surface area contributed by atoms with Crippen molar-refractivity contribution in [3.63, 3.8) is 0 Å². The zero-order valence-electron chi connectivity index (χ0n) is 11.5. The van der Waals surface area contributed by atoms with Crippen LogP contribution in [-0.2, 0) is 4.79 Å². The lowest BCUT2D eigenvalue weighted by Gasteiger charge is -2.19. The van der Waals surface area contributed by atoms with Gasteiger partial charge in [0.05, 0.1) is 0 Å². The lowest BCUT2D eigenvalue weighted by atomic mass is 10.1. The Kier molecular flexibility index (Phi) is 5.36. The molecule has 1 rings (SSSR count). The van der Waals surface area contributed by atoms with Gasteiger partial charge in [-0.05, 0) is 32.4 Å². The molecule has 0 heterocycles. The molecule has 0 saturated heterocycles. The lowest BCUT2D eigenvalue weighted by molar-refractivity contribution is -0.133. The van der Waals surface area contributed by atoms with Crippen LogP contribution in [0.4, 0.5) is 0 Å². The van der Waals surface area contributed by atoms with Crippen LogP contribution in [0.15, 0.2) is 18.2 Å². The Bertz CT molecular complexity index is 467. The summed E-state index contributed by atoms with van der Waals surface area (Å²) in [5.74, 6) is -0.950. The molecule has 19 heavy (non-hydrogen) atoms. The third-order valence-corrected chi connectivity index (χ3v) is 2.90. The molecule has 104 valence electrons. The number of carbonyl (C=O) groups is 2. The Morgan fingerprint density at radius 3 is 2.42 bits per heavy atom. The second-order valence-corrected chi connectivity index (χ2v) is 4.11. The minimum Gasteiger partial charge on any atom is -0.483 e. The fourth-order valence-electron chi connectivity index (χ4n) is 1.81. The summed E-state index contributed by atoms with van der Waals surface area (Å²) >= 11 is 0. The van der Waals surface area contributed by atoms with Crippen molar-refractivity contribution in [1.82, 2.24) is 4.90 Å². The zero-order valence-corrected chi connectivity index (χ0v) is 11.5. The van der Waals surface area contributed by atoms with Crippen LogP contribution in [0, 0.1) is 6.92 Å². The number of carbonyl (C=O) groups excluding carboxylic acids is 1. The Morgan fingerprint density at radius 1 is 1.26 bits per heavy atom. The molecule has 0 spiro atoms. The van der Waals surface area contributed by atoms with E-state index in [-0.39, 0.29) is 23.8 Å². The maximum Gasteiger partial charge on any atom is 0.339 e. The molecule has 0 atom stereocenters. The molecule has 0 fully saturated rings. The zero-order chi connectivity index (χ0) is 14.4. The summed E-state index contributed by atoms with van der Waals surface area (Å²) in [6.07, 6.45) is 0. The van der Waals surface area contributed by atoms with Crippen LogP contribution in [0.2, 0.25) is 0 Å². The van der Waals surface area contributed by atoms with Gasteiger partial charge >= 0.3 is 5.97 Å².